The van der Waals surface area contributed by atoms with Gasteiger partial charge in [0.2, 0.25) is 0 Å². The number of ether oxygens (including phenoxy) is 2. The molecule has 3 aromatic rings. The Kier molecular flexibility index (Phi) is 9.43. The zero-order valence-corrected chi connectivity index (χ0v) is 21.9. The Morgan fingerprint density at radius 3 is 2.45 bits per heavy atom. The summed E-state index contributed by atoms with van der Waals surface area (Å²) in [5.41, 5.74) is -0.00458. The quantitative estimate of drug-likeness (QED) is 0.322. The number of nitrogens with zero attached hydrogens (tertiary/aromatic N) is 2. The summed E-state index contributed by atoms with van der Waals surface area (Å²) in [4.78, 5) is 30.5. The fraction of sp³-hybridized carbons (Fsp3) is 0.321. The Labute approximate surface area is 229 Å². The van der Waals surface area contributed by atoms with Crippen molar-refractivity contribution in [2.24, 2.45) is 0 Å². The molecular weight excluding hydrogens is 527 g/mol. The van der Waals surface area contributed by atoms with Crippen LogP contribution in [-0.4, -0.2) is 55.1 Å². The summed E-state index contributed by atoms with van der Waals surface area (Å²) in [5, 5.41) is 7.62. The first kappa shape index (κ1) is 28.7. The molecule has 0 saturated carbocycles. The van der Waals surface area contributed by atoms with Crippen molar-refractivity contribution < 1.29 is 32.2 Å². The molecule has 1 fully saturated rings. The van der Waals surface area contributed by atoms with E-state index in [9.17, 15) is 22.8 Å². The minimum atomic E-state index is -4.56. The van der Waals surface area contributed by atoms with Gasteiger partial charge in [-0.05, 0) is 67.9 Å². The van der Waals surface area contributed by atoms with E-state index in [0.717, 1.165) is 43.6 Å². The number of amides is 3. The second-order valence-corrected chi connectivity index (χ2v) is 9.12. The van der Waals surface area contributed by atoms with Crippen LogP contribution in [0.15, 0.2) is 60.8 Å². The van der Waals surface area contributed by atoms with Gasteiger partial charge in [0.25, 0.3) is 5.91 Å². The van der Waals surface area contributed by atoms with Gasteiger partial charge in [0.05, 0.1) is 11.3 Å². The number of aromatic nitrogens is 1. The Hall–Kier alpha value is -4.32. The lowest BCUT2D eigenvalue weighted by atomic mass is 10.1. The molecule has 0 unspecified atom stereocenters. The van der Waals surface area contributed by atoms with Crippen LogP contribution in [0.4, 0.5) is 23.7 Å². The summed E-state index contributed by atoms with van der Waals surface area (Å²) < 4.78 is 51.4. The van der Waals surface area contributed by atoms with Gasteiger partial charge < -0.3 is 25.4 Å². The van der Waals surface area contributed by atoms with Crippen molar-refractivity contribution in [2.45, 2.75) is 25.6 Å². The van der Waals surface area contributed by atoms with E-state index in [0.29, 0.717) is 24.7 Å². The lowest BCUT2D eigenvalue weighted by Gasteiger charge is -2.18. The van der Waals surface area contributed by atoms with E-state index in [1.807, 2.05) is 0 Å². The molecule has 0 spiro atoms. The average Bonchev–Trinajstić information content (AvgIpc) is 3.46. The lowest BCUT2D eigenvalue weighted by molar-refractivity contribution is -0.137. The third-order valence-electron chi connectivity index (χ3n) is 6.22. The van der Waals surface area contributed by atoms with E-state index < -0.39 is 17.8 Å². The highest BCUT2D eigenvalue weighted by Gasteiger charge is 2.31. The normalized spacial score (nSPS) is 13.5. The van der Waals surface area contributed by atoms with E-state index in [2.05, 4.69) is 25.8 Å². The highest BCUT2D eigenvalue weighted by atomic mass is 19.4. The van der Waals surface area contributed by atoms with Crippen molar-refractivity contribution in [3.63, 3.8) is 0 Å². The number of rotatable bonds is 10. The first-order chi connectivity index (χ1) is 19.2. The van der Waals surface area contributed by atoms with Crippen molar-refractivity contribution in [3.8, 4) is 17.2 Å². The molecule has 3 N–H and O–H groups in total. The van der Waals surface area contributed by atoms with Gasteiger partial charge >= 0.3 is 12.2 Å². The maximum absolute atomic E-state index is 13.3. The van der Waals surface area contributed by atoms with Crippen LogP contribution < -0.4 is 25.4 Å². The molecule has 0 atom stereocenters. The van der Waals surface area contributed by atoms with Gasteiger partial charge in [-0.25, -0.2) is 4.79 Å². The number of carbonyl (C=O) groups excluding carboxylic acids is 2. The number of benzene rings is 2. The predicted octanol–water partition coefficient (Wildman–Crippen LogP) is 5.05. The Morgan fingerprint density at radius 2 is 1.75 bits per heavy atom. The SMILES string of the molecule is CNC(=O)c1cc(Oc2ccc(CNC(=O)Nc3cc(C(F)(F)F)ccc3OCCN3CCCC3)cc2)ccn1. The third kappa shape index (κ3) is 8.09. The molecule has 0 radical (unpaired) electrons. The van der Waals surface area contributed by atoms with E-state index in [4.69, 9.17) is 9.47 Å². The molecule has 1 saturated heterocycles. The van der Waals surface area contributed by atoms with Crippen molar-refractivity contribution in [3.05, 3.63) is 77.6 Å². The monoisotopic (exact) mass is 557 g/mol. The number of hydrogen-bond acceptors (Lipinski definition) is 6. The molecule has 1 aliphatic rings. The summed E-state index contributed by atoms with van der Waals surface area (Å²) in [5.74, 6) is 0.760. The number of alkyl halides is 3. The van der Waals surface area contributed by atoms with Crippen LogP contribution in [-0.2, 0) is 12.7 Å². The fourth-order valence-corrected chi connectivity index (χ4v) is 4.11. The summed E-state index contributed by atoms with van der Waals surface area (Å²) in [7, 11) is 1.51. The number of urea groups is 1. The van der Waals surface area contributed by atoms with Crippen LogP contribution in [0.1, 0.15) is 34.5 Å². The first-order valence-electron chi connectivity index (χ1n) is 12.8. The Bertz CT molecular complexity index is 1310. The Balaban J connectivity index is 1.33. The fourth-order valence-electron chi connectivity index (χ4n) is 4.11. The van der Waals surface area contributed by atoms with Crippen molar-refractivity contribution in [1.29, 1.82) is 0 Å². The number of carbonyl (C=O) groups is 2. The summed E-state index contributed by atoms with van der Waals surface area (Å²) in [6.07, 6.45) is -0.863. The molecule has 4 rings (SSSR count). The van der Waals surface area contributed by atoms with Gasteiger partial charge in [0.15, 0.2) is 0 Å². The van der Waals surface area contributed by atoms with Crippen molar-refractivity contribution in [1.82, 2.24) is 20.5 Å². The number of pyridine rings is 1. The Morgan fingerprint density at radius 1 is 1.00 bits per heavy atom. The molecule has 0 bridgehead atoms. The van der Waals surface area contributed by atoms with E-state index in [1.165, 1.54) is 25.4 Å². The molecule has 1 aromatic heterocycles. The van der Waals surface area contributed by atoms with Crippen LogP contribution in [0.25, 0.3) is 0 Å². The van der Waals surface area contributed by atoms with Gasteiger partial charge in [-0.2, -0.15) is 13.2 Å². The zero-order chi connectivity index (χ0) is 28.5. The lowest BCUT2D eigenvalue weighted by Crippen LogP contribution is -2.29. The van der Waals surface area contributed by atoms with Crippen LogP contribution in [0, 0.1) is 0 Å². The molecule has 1 aliphatic heterocycles. The number of hydrogen-bond donors (Lipinski definition) is 3. The number of halogens is 3. The molecule has 40 heavy (non-hydrogen) atoms. The second kappa shape index (κ2) is 13.2. The largest absolute Gasteiger partial charge is 0.490 e. The second-order valence-electron chi connectivity index (χ2n) is 9.12. The molecular formula is C28H30F3N5O4. The van der Waals surface area contributed by atoms with Crippen LogP contribution >= 0.6 is 0 Å². The smallest absolute Gasteiger partial charge is 0.416 e. The van der Waals surface area contributed by atoms with E-state index in [-0.39, 0.29) is 29.6 Å². The number of likely N-dealkylation sites (tertiary alicyclic amines) is 1. The van der Waals surface area contributed by atoms with E-state index in [1.54, 1.807) is 30.3 Å². The average molecular weight is 558 g/mol. The molecule has 9 nitrogen and oxygen atoms in total. The van der Waals surface area contributed by atoms with Gasteiger partial charge in [0.1, 0.15) is 29.5 Å². The van der Waals surface area contributed by atoms with Crippen LogP contribution in [0.2, 0.25) is 0 Å². The molecule has 0 aliphatic carbocycles. The molecule has 2 heterocycles. The highest BCUT2D eigenvalue weighted by molar-refractivity contribution is 5.92. The van der Waals surface area contributed by atoms with Crippen molar-refractivity contribution in [2.75, 3.05) is 38.6 Å². The number of nitrogens with one attached hydrogen (secondary N) is 3. The number of anilines is 1. The molecule has 212 valence electrons. The highest BCUT2D eigenvalue weighted by Crippen LogP contribution is 2.35. The van der Waals surface area contributed by atoms with Gasteiger partial charge in [-0.3, -0.25) is 14.7 Å². The van der Waals surface area contributed by atoms with Gasteiger partial charge in [-0.15, -0.1) is 0 Å². The van der Waals surface area contributed by atoms with Crippen LogP contribution in [0.5, 0.6) is 17.2 Å². The molecule has 12 heteroatoms. The zero-order valence-electron chi connectivity index (χ0n) is 21.9. The molecule has 3 amide bonds. The van der Waals surface area contributed by atoms with Crippen molar-refractivity contribution >= 4 is 17.6 Å². The van der Waals surface area contributed by atoms with Gasteiger partial charge in [-0.1, -0.05) is 12.1 Å². The third-order valence-corrected chi connectivity index (χ3v) is 6.22. The summed E-state index contributed by atoms with van der Waals surface area (Å²) in [6.45, 7) is 3.01. The first-order valence-corrected chi connectivity index (χ1v) is 12.8. The maximum atomic E-state index is 13.3. The molecule has 2 aromatic carbocycles. The summed E-state index contributed by atoms with van der Waals surface area (Å²) >= 11 is 0. The minimum Gasteiger partial charge on any atom is -0.490 e. The summed E-state index contributed by atoms with van der Waals surface area (Å²) in [6, 6.07) is 12.3. The minimum absolute atomic E-state index is 0.0639. The van der Waals surface area contributed by atoms with Crippen LogP contribution in [0.3, 0.4) is 0 Å². The standard InChI is InChI=1S/C28H30F3N5O4/c1-32-26(37)24-17-22(10-11-33-24)40-21-7-4-19(5-8-21)18-34-27(38)35-23-16-20(28(29,30)31)6-9-25(23)39-15-14-36-12-2-3-13-36/h4-11,16-17H,2-3,12-15,18H2,1H3,(H,32,37)(H2,34,35,38). The maximum Gasteiger partial charge on any atom is 0.416 e. The predicted molar refractivity (Wildman–Crippen MR) is 143 cm³/mol. The van der Waals surface area contributed by atoms with Gasteiger partial charge in [0, 0.05) is 32.4 Å². The van der Waals surface area contributed by atoms with E-state index >= 15 is 0 Å². The topological polar surface area (TPSA) is 105 Å².